The largest absolute Gasteiger partial charge is 0.383 e. The average Bonchev–Trinajstić information content (AvgIpc) is 3.16. The minimum Gasteiger partial charge on any atom is -0.383 e. The molecular weight excluding hydrogens is 447 g/mol. The number of piperidine rings is 1. The zero-order valence-electron chi connectivity index (χ0n) is 16.5. The summed E-state index contributed by atoms with van der Waals surface area (Å²) in [7, 11) is 3.59. The van der Waals surface area contributed by atoms with Gasteiger partial charge in [-0.3, -0.25) is 4.99 Å². The molecule has 2 aliphatic heterocycles. The number of nitrogens with zero attached hydrogens (tertiary/aromatic N) is 2. The Hall–Kier alpha value is -0.160. The van der Waals surface area contributed by atoms with Gasteiger partial charge in [0.15, 0.2) is 5.96 Å². The third-order valence-corrected chi connectivity index (χ3v) is 4.95. The van der Waals surface area contributed by atoms with E-state index in [1.807, 2.05) is 7.05 Å². The van der Waals surface area contributed by atoms with Crippen molar-refractivity contribution in [3.05, 3.63) is 0 Å². The van der Waals surface area contributed by atoms with E-state index in [-0.39, 0.29) is 36.1 Å². The van der Waals surface area contributed by atoms with Crippen molar-refractivity contribution in [1.82, 2.24) is 15.5 Å². The van der Waals surface area contributed by atoms with Gasteiger partial charge >= 0.3 is 0 Å². The normalized spacial score (nSPS) is 23.5. The summed E-state index contributed by atoms with van der Waals surface area (Å²) in [5, 5.41) is 6.88. The number of likely N-dealkylation sites (tertiary alicyclic amines) is 1. The summed E-state index contributed by atoms with van der Waals surface area (Å²) < 4.78 is 16.4. The lowest BCUT2D eigenvalue weighted by atomic mass is 9.97. The number of rotatable bonds is 9. The first-order valence-corrected chi connectivity index (χ1v) is 9.59. The first-order valence-electron chi connectivity index (χ1n) is 9.59. The van der Waals surface area contributed by atoms with Crippen LogP contribution in [-0.2, 0) is 14.2 Å². The molecule has 2 N–H and O–H groups in total. The first-order chi connectivity index (χ1) is 12.2. The number of hydrogen-bond donors (Lipinski definition) is 2. The summed E-state index contributed by atoms with van der Waals surface area (Å²) in [5.74, 6) is 1.57. The molecule has 8 heteroatoms. The number of halogens is 1. The molecule has 0 amide bonds. The summed E-state index contributed by atoms with van der Waals surface area (Å²) in [6.45, 7) is 9.51. The van der Waals surface area contributed by atoms with Crippen molar-refractivity contribution in [2.24, 2.45) is 10.9 Å². The third-order valence-electron chi connectivity index (χ3n) is 4.95. The van der Waals surface area contributed by atoms with Crippen LogP contribution in [0, 0.1) is 5.92 Å². The van der Waals surface area contributed by atoms with Crippen LogP contribution in [0.15, 0.2) is 4.99 Å². The lowest BCUT2D eigenvalue weighted by Gasteiger charge is -2.32. The fourth-order valence-electron chi connectivity index (χ4n) is 3.27. The van der Waals surface area contributed by atoms with E-state index in [9.17, 15) is 0 Å². The Morgan fingerprint density at radius 3 is 2.69 bits per heavy atom. The highest BCUT2D eigenvalue weighted by Crippen LogP contribution is 2.16. The Kier molecular flexibility index (Phi) is 12.8. The quantitative estimate of drug-likeness (QED) is 0.293. The van der Waals surface area contributed by atoms with Crippen molar-refractivity contribution in [2.45, 2.75) is 38.3 Å². The second kappa shape index (κ2) is 13.9. The van der Waals surface area contributed by atoms with Crippen LogP contribution in [0.5, 0.6) is 0 Å². The second-order valence-electron chi connectivity index (χ2n) is 7.10. The maximum Gasteiger partial charge on any atom is 0.191 e. The number of guanidine groups is 1. The summed E-state index contributed by atoms with van der Waals surface area (Å²) in [5.41, 5.74) is 0. The molecule has 0 radical (unpaired) electrons. The Morgan fingerprint density at radius 1 is 1.31 bits per heavy atom. The molecule has 154 valence electrons. The maximum absolute atomic E-state index is 5.86. The van der Waals surface area contributed by atoms with E-state index >= 15 is 0 Å². The predicted molar refractivity (Wildman–Crippen MR) is 116 cm³/mol. The van der Waals surface area contributed by atoms with Crippen LogP contribution < -0.4 is 10.6 Å². The number of aliphatic imine (C=N–C) groups is 1. The summed E-state index contributed by atoms with van der Waals surface area (Å²) >= 11 is 0. The first kappa shape index (κ1) is 23.9. The zero-order chi connectivity index (χ0) is 17.9. The van der Waals surface area contributed by atoms with Gasteiger partial charge in [0.2, 0.25) is 0 Å². The minimum atomic E-state index is 0. The topological polar surface area (TPSA) is 67.4 Å². The number of ether oxygens (including phenoxy) is 3. The van der Waals surface area contributed by atoms with Crippen molar-refractivity contribution in [2.75, 3.05) is 66.8 Å². The highest BCUT2D eigenvalue weighted by atomic mass is 127. The molecule has 0 aromatic rings. The lowest BCUT2D eigenvalue weighted by Crippen LogP contribution is -2.47. The molecule has 2 heterocycles. The van der Waals surface area contributed by atoms with Gasteiger partial charge < -0.3 is 29.7 Å². The highest BCUT2D eigenvalue weighted by Gasteiger charge is 2.20. The van der Waals surface area contributed by atoms with E-state index in [1.165, 1.54) is 12.8 Å². The van der Waals surface area contributed by atoms with Crippen molar-refractivity contribution in [3.8, 4) is 0 Å². The van der Waals surface area contributed by atoms with Gasteiger partial charge in [0, 0.05) is 39.9 Å². The summed E-state index contributed by atoms with van der Waals surface area (Å²) in [4.78, 5) is 6.82. The molecule has 2 fully saturated rings. The van der Waals surface area contributed by atoms with Gasteiger partial charge in [-0.15, -0.1) is 24.0 Å². The molecule has 26 heavy (non-hydrogen) atoms. The van der Waals surface area contributed by atoms with Crippen LogP contribution in [0.1, 0.15) is 26.2 Å². The predicted octanol–water partition coefficient (Wildman–Crippen LogP) is 1.32. The van der Waals surface area contributed by atoms with E-state index in [4.69, 9.17) is 14.2 Å². The molecule has 0 aliphatic carbocycles. The SMILES string of the molecule is CN=C(NCC1CCN(CCOC)CC1)NC(C)COC1CCOC1.I. The number of nitrogens with one attached hydrogen (secondary N) is 2. The molecule has 2 unspecified atom stereocenters. The van der Waals surface area contributed by atoms with E-state index in [0.29, 0.717) is 12.5 Å². The van der Waals surface area contributed by atoms with Crippen molar-refractivity contribution in [3.63, 3.8) is 0 Å². The van der Waals surface area contributed by atoms with Gasteiger partial charge in [0.25, 0.3) is 0 Å². The zero-order valence-corrected chi connectivity index (χ0v) is 18.9. The van der Waals surface area contributed by atoms with Crippen molar-refractivity contribution >= 4 is 29.9 Å². The van der Waals surface area contributed by atoms with Gasteiger partial charge in [-0.05, 0) is 45.2 Å². The third kappa shape index (κ3) is 9.16. The van der Waals surface area contributed by atoms with Crippen molar-refractivity contribution in [1.29, 1.82) is 0 Å². The van der Waals surface area contributed by atoms with E-state index < -0.39 is 0 Å². The molecule has 0 saturated carbocycles. The van der Waals surface area contributed by atoms with Crippen LogP contribution in [0.4, 0.5) is 0 Å². The van der Waals surface area contributed by atoms with Gasteiger partial charge in [0.1, 0.15) is 0 Å². The second-order valence-corrected chi connectivity index (χ2v) is 7.10. The fourth-order valence-corrected chi connectivity index (χ4v) is 3.27. The number of methoxy groups -OCH3 is 1. The van der Waals surface area contributed by atoms with Gasteiger partial charge in [-0.1, -0.05) is 0 Å². The minimum absolute atomic E-state index is 0. The van der Waals surface area contributed by atoms with E-state index in [1.54, 1.807) is 7.11 Å². The lowest BCUT2D eigenvalue weighted by molar-refractivity contribution is 0.0347. The molecule has 0 aromatic heterocycles. The van der Waals surface area contributed by atoms with Crippen LogP contribution in [0.2, 0.25) is 0 Å². The molecule has 0 aromatic carbocycles. The number of hydrogen-bond acceptors (Lipinski definition) is 5. The van der Waals surface area contributed by atoms with E-state index in [0.717, 1.165) is 58.4 Å². The van der Waals surface area contributed by atoms with E-state index in [2.05, 4.69) is 27.4 Å². The molecule has 2 aliphatic rings. The monoisotopic (exact) mass is 484 g/mol. The smallest absolute Gasteiger partial charge is 0.191 e. The Balaban J connectivity index is 0.00000338. The summed E-state index contributed by atoms with van der Waals surface area (Å²) in [6, 6.07) is 0.225. The average molecular weight is 484 g/mol. The Labute approximate surface area is 175 Å². The van der Waals surface area contributed by atoms with Gasteiger partial charge in [-0.25, -0.2) is 0 Å². The Bertz CT molecular complexity index is 387. The molecule has 0 spiro atoms. The Morgan fingerprint density at radius 2 is 2.08 bits per heavy atom. The van der Waals surface area contributed by atoms with Crippen LogP contribution in [0.25, 0.3) is 0 Å². The molecule has 2 rings (SSSR count). The van der Waals surface area contributed by atoms with Crippen LogP contribution in [0.3, 0.4) is 0 Å². The highest BCUT2D eigenvalue weighted by molar-refractivity contribution is 14.0. The molecule has 0 bridgehead atoms. The summed E-state index contributed by atoms with van der Waals surface area (Å²) in [6.07, 6.45) is 3.72. The van der Waals surface area contributed by atoms with Gasteiger partial charge in [-0.2, -0.15) is 0 Å². The maximum atomic E-state index is 5.86. The standard InChI is InChI=1S/C18H36N4O3.HI/c1-15(13-25-17-6-10-24-14-17)21-18(19-2)20-12-16-4-7-22(8-5-16)9-11-23-3;/h15-17H,4-14H2,1-3H3,(H2,19,20,21);1H. The van der Waals surface area contributed by atoms with Crippen LogP contribution >= 0.6 is 24.0 Å². The molecule has 7 nitrogen and oxygen atoms in total. The van der Waals surface area contributed by atoms with Crippen LogP contribution in [-0.4, -0.2) is 89.8 Å². The molecule has 2 saturated heterocycles. The van der Waals surface area contributed by atoms with Crippen molar-refractivity contribution < 1.29 is 14.2 Å². The molecule has 2 atom stereocenters. The molecular formula is C18H37IN4O3. The van der Waals surface area contributed by atoms with Gasteiger partial charge in [0.05, 0.1) is 25.9 Å². The fraction of sp³-hybridized carbons (Fsp3) is 0.944.